The fourth-order valence-corrected chi connectivity index (χ4v) is 3.54. The van der Waals surface area contributed by atoms with Crippen molar-refractivity contribution in [2.24, 2.45) is 7.05 Å². The Bertz CT molecular complexity index is 1190. The molecule has 1 aromatic carbocycles. The Morgan fingerprint density at radius 2 is 1.97 bits per heavy atom. The average molecular weight is 410 g/mol. The van der Waals surface area contributed by atoms with Gasteiger partial charge in [0.25, 0.3) is 5.91 Å². The van der Waals surface area contributed by atoms with Crippen molar-refractivity contribution in [1.82, 2.24) is 25.0 Å². The van der Waals surface area contributed by atoms with Gasteiger partial charge in [0.15, 0.2) is 5.65 Å². The Kier molecular flexibility index (Phi) is 4.49. The van der Waals surface area contributed by atoms with Crippen molar-refractivity contribution in [3.05, 3.63) is 53.6 Å². The number of aryl methyl sites for hydroxylation is 2. The fraction of sp³-hybridized carbons (Fsp3) is 0.250. The molecule has 0 saturated carbocycles. The Labute approximate surface area is 170 Å². The third kappa shape index (κ3) is 3.15. The Morgan fingerprint density at radius 1 is 1.27 bits per heavy atom. The second-order valence-corrected chi connectivity index (χ2v) is 7.31. The minimum atomic E-state index is -1.38. The van der Waals surface area contributed by atoms with Crippen LogP contribution in [0, 0.1) is 12.7 Å². The van der Waals surface area contributed by atoms with E-state index >= 15 is 0 Å². The number of anilines is 1. The lowest BCUT2D eigenvalue weighted by molar-refractivity contribution is -0.133. The van der Waals surface area contributed by atoms with Gasteiger partial charge in [-0.2, -0.15) is 5.10 Å². The molecule has 4 amide bonds. The van der Waals surface area contributed by atoms with Gasteiger partial charge in [0, 0.05) is 12.4 Å². The number of urea groups is 1. The van der Waals surface area contributed by atoms with Gasteiger partial charge >= 0.3 is 6.03 Å². The first-order valence-corrected chi connectivity index (χ1v) is 9.18. The average Bonchev–Trinajstić information content (AvgIpc) is 3.10. The number of rotatable bonds is 4. The molecule has 30 heavy (non-hydrogen) atoms. The third-order valence-electron chi connectivity index (χ3n) is 5.14. The van der Waals surface area contributed by atoms with Gasteiger partial charge < -0.3 is 10.6 Å². The van der Waals surface area contributed by atoms with E-state index in [1.54, 1.807) is 17.8 Å². The molecule has 3 heterocycles. The summed E-state index contributed by atoms with van der Waals surface area (Å²) in [5, 5.41) is 10.3. The summed E-state index contributed by atoms with van der Waals surface area (Å²) in [5.74, 6) is -1.60. The number of hydrogen-bond acceptors (Lipinski definition) is 5. The number of carbonyl (C=O) groups is 3. The smallest absolute Gasteiger partial charge is 0.323 e. The highest BCUT2D eigenvalue weighted by Crippen LogP contribution is 2.29. The standard InChI is InChI=1S/C20H19FN6O3/c1-11-15-8-14(9-22-17(15)26(3)25-11)23-16(28)10-27-18(29)20(2,24-19(27)30)12-4-6-13(21)7-5-12/h4-9H,10H2,1-3H3,(H,23,28)(H,24,30). The van der Waals surface area contributed by atoms with Crippen LogP contribution in [0.3, 0.4) is 0 Å². The molecule has 0 aliphatic carbocycles. The highest BCUT2D eigenvalue weighted by atomic mass is 19.1. The van der Waals surface area contributed by atoms with Gasteiger partial charge in [-0.05, 0) is 37.6 Å². The van der Waals surface area contributed by atoms with Gasteiger partial charge in [0.05, 0.1) is 17.6 Å². The number of nitrogens with one attached hydrogen (secondary N) is 2. The van der Waals surface area contributed by atoms with Crippen LogP contribution in [-0.4, -0.2) is 44.1 Å². The van der Waals surface area contributed by atoms with E-state index in [1.165, 1.54) is 37.4 Å². The van der Waals surface area contributed by atoms with Crippen LogP contribution in [0.5, 0.6) is 0 Å². The molecule has 1 aliphatic heterocycles. The summed E-state index contributed by atoms with van der Waals surface area (Å²) in [6.45, 7) is 2.88. The molecule has 1 fully saturated rings. The lowest BCUT2D eigenvalue weighted by Crippen LogP contribution is -2.42. The zero-order valence-electron chi connectivity index (χ0n) is 16.6. The number of carbonyl (C=O) groups excluding carboxylic acids is 3. The van der Waals surface area contributed by atoms with Gasteiger partial charge in [-0.3, -0.25) is 19.2 Å². The van der Waals surface area contributed by atoms with Crippen molar-refractivity contribution in [1.29, 1.82) is 0 Å². The number of fused-ring (bicyclic) bond motifs is 1. The number of hydrogen-bond donors (Lipinski definition) is 2. The fourth-order valence-electron chi connectivity index (χ4n) is 3.54. The predicted octanol–water partition coefficient (Wildman–Crippen LogP) is 1.82. The van der Waals surface area contributed by atoms with Gasteiger partial charge in [-0.25, -0.2) is 14.2 Å². The Hall–Kier alpha value is -3.82. The van der Waals surface area contributed by atoms with Crippen LogP contribution in [0.1, 0.15) is 18.2 Å². The first-order chi connectivity index (χ1) is 14.2. The summed E-state index contributed by atoms with van der Waals surface area (Å²) in [6, 6.07) is 6.30. The maximum Gasteiger partial charge on any atom is 0.325 e. The molecule has 1 aliphatic rings. The van der Waals surface area contributed by atoms with E-state index in [0.717, 1.165) is 16.0 Å². The zero-order chi connectivity index (χ0) is 21.6. The molecule has 0 radical (unpaired) electrons. The second kappa shape index (κ2) is 6.90. The van der Waals surface area contributed by atoms with E-state index in [-0.39, 0.29) is 0 Å². The minimum Gasteiger partial charge on any atom is -0.323 e. The van der Waals surface area contributed by atoms with E-state index in [0.29, 0.717) is 16.9 Å². The third-order valence-corrected chi connectivity index (χ3v) is 5.14. The number of imide groups is 1. The topological polar surface area (TPSA) is 109 Å². The molecule has 154 valence electrons. The quantitative estimate of drug-likeness (QED) is 0.638. The number of benzene rings is 1. The maximum atomic E-state index is 13.2. The van der Waals surface area contributed by atoms with Gasteiger partial charge in [-0.15, -0.1) is 0 Å². The zero-order valence-corrected chi connectivity index (χ0v) is 16.6. The molecule has 1 atom stereocenters. The second-order valence-electron chi connectivity index (χ2n) is 7.31. The number of pyridine rings is 1. The van der Waals surface area contributed by atoms with Crippen molar-refractivity contribution in [3.8, 4) is 0 Å². The molecular weight excluding hydrogens is 391 g/mol. The van der Waals surface area contributed by atoms with Crippen LogP contribution >= 0.6 is 0 Å². The first-order valence-electron chi connectivity index (χ1n) is 9.18. The Balaban J connectivity index is 1.50. The molecule has 2 N–H and O–H groups in total. The summed E-state index contributed by atoms with van der Waals surface area (Å²) in [4.78, 5) is 42.9. The number of aromatic nitrogens is 3. The van der Waals surface area contributed by atoms with Crippen LogP contribution < -0.4 is 10.6 Å². The van der Waals surface area contributed by atoms with Crippen molar-refractivity contribution in [2.45, 2.75) is 19.4 Å². The summed E-state index contributed by atoms with van der Waals surface area (Å²) in [6.07, 6.45) is 1.48. The first kappa shape index (κ1) is 19.5. The van der Waals surface area contributed by atoms with Crippen LogP contribution in [0.4, 0.5) is 14.9 Å². The SMILES string of the molecule is Cc1nn(C)c2ncc(NC(=O)CN3C(=O)NC(C)(c4ccc(F)cc4)C3=O)cc12. The molecule has 0 bridgehead atoms. The predicted molar refractivity (Wildman–Crippen MR) is 106 cm³/mol. The largest absolute Gasteiger partial charge is 0.325 e. The van der Waals surface area contributed by atoms with E-state index in [2.05, 4.69) is 20.7 Å². The Morgan fingerprint density at radius 3 is 2.67 bits per heavy atom. The molecule has 2 aromatic heterocycles. The minimum absolute atomic E-state index is 0.423. The molecule has 4 rings (SSSR count). The van der Waals surface area contributed by atoms with Crippen LogP contribution in [0.15, 0.2) is 36.5 Å². The van der Waals surface area contributed by atoms with E-state index < -0.39 is 35.7 Å². The number of halogens is 1. The number of nitrogens with zero attached hydrogens (tertiary/aromatic N) is 4. The normalized spacial score (nSPS) is 18.7. The van der Waals surface area contributed by atoms with E-state index in [9.17, 15) is 18.8 Å². The summed E-state index contributed by atoms with van der Waals surface area (Å²) >= 11 is 0. The van der Waals surface area contributed by atoms with Gasteiger partial charge in [0.1, 0.15) is 17.9 Å². The molecule has 1 unspecified atom stereocenters. The van der Waals surface area contributed by atoms with Crippen molar-refractivity contribution in [3.63, 3.8) is 0 Å². The van der Waals surface area contributed by atoms with E-state index in [1.807, 2.05) is 6.92 Å². The van der Waals surface area contributed by atoms with Crippen LogP contribution in [0.25, 0.3) is 11.0 Å². The lowest BCUT2D eigenvalue weighted by Gasteiger charge is -2.22. The molecule has 10 heteroatoms. The highest BCUT2D eigenvalue weighted by Gasteiger charge is 2.49. The van der Waals surface area contributed by atoms with Crippen LogP contribution in [-0.2, 0) is 22.2 Å². The highest BCUT2D eigenvalue weighted by molar-refractivity contribution is 6.10. The van der Waals surface area contributed by atoms with Gasteiger partial charge in [-0.1, -0.05) is 12.1 Å². The van der Waals surface area contributed by atoms with E-state index in [4.69, 9.17) is 0 Å². The van der Waals surface area contributed by atoms with Crippen molar-refractivity contribution in [2.75, 3.05) is 11.9 Å². The summed E-state index contributed by atoms with van der Waals surface area (Å²) in [7, 11) is 1.77. The maximum absolute atomic E-state index is 13.2. The van der Waals surface area contributed by atoms with Crippen molar-refractivity contribution < 1.29 is 18.8 Å². The molecule has 3 aromatic rings. The monoisotopic (exact) mass is 410 g/mol. The summed E-state index contributed by atoms with van der Waals surface area (Å²) < 4.78 is 14.8. The molecule has 9 nitrogen and oxygen atoms in total. The molecule has 0 spiro atoms. The molecule has 1 saturated heterocycles. The lowest BCUT2D eigenvalue weighted by atomic mass is 9.92. The van der Waals surface area contributed by atoms with Gasteiger partial charge in [0.2, 0.25) is 5.91 Å². The van der Waals surface area contributed by atoms with Crippen molar-refractivity contribution >= 4 is 34.6 Å². The van der Waals surface area contributed by atoms with Crippen LogP contribution in [0.2, 0.25) is 0 Å². The number of amides is 4. The summed E-state index contributed by atoms with van der Waals surface area (Å²) in [5.41, 5.74) is 0.914. The molecular formula is C20H19FN6O3.